The van der Waals surface area contributed by atoms with E-state index in [4.69, 9.17) is 0 Å². The lowest BCUT2D eigenvalue weighted by molar-refractivity contribution is -0.136. The third kappa shape index (κ3) is 3.53. The molecule has 0 bridgehead atoms. The number of hydrogen-bond donors (Lipinski definition) is 2. The molecule has 1 amide bonds. The molecule has 3 rings (SSSR count). The molecule has 3 aromatic rings. The number of hydrazone groups is 1. The third-order valence-electron chi connectivity index (χ3n) is 4.12. The van der Waals surface area contributed by atoms with Gasteiger partial charge in [-0.25, -0.2) is 5.43 Å². The van der Waals surface area contributed by atoms with Crippen LogP contribution in [0, 0.1) is 0 Å². The number of hydrogen-bond acceptors (Lipinski definition) is 4. The smallest absolute Gasteiger partial charge is 0.281 e. The van der Waals surface area contributed by atoms with Crippen molar-refractivity contribution in [1.29, 1.82) is 0 Å². The minimum atomic E-state index is -1.85. The number of aliphatic hydroxyl groups is 1. The van der Waals surface area contributed by atoms with Crippen LogP contribution in [0.5, 0.6) is 0 Å². The summed E-state index contributed by atoms with van der Waals surface area (Å²) in [7, 11) is 0. The number of rotatable bonds is 5. The van der Waals surface area contributed by atoms with Crippen molar-refractivity contribution >= 4 is 11.6 Å². The van der Waals surface area contributed by atoms with Crippen molar-refractivity contribution in [3.63, 3.8) is 0 Å². The normalized spacial score (nSPS) is 11.8. The number of amides is 1. The summed E-state index contributed by atoms with van der Waals surface area (Å²) in [6, 6.07) is 21.3. The summed E-state index contributed by atoms with van der Waals surface area (Å²) in [5, 5.41) is 15.4. The molecule has 5 heteroatoms. The Morgan fingerprint density at radius 3 is 2.04 bits per heavy atom. The molecule has 1 heterocycles. The molecule has 26 heavy (non-hydrogen) atoms. The maximum Gasteiger partial charge on any atom is 0.281 e. The van der Waals surface area contributed by atoms with E-state index in [0.717, 1.165) is 5.56 Å². The molecule has 0 radical (unpaired) electrons. The molecule has 0 saturated carbocycles. The van der Waals surface area contributed by atoms with Gasteiger partial charge in [-0.05, 0) is 24.1 Å². The minimum absolute atomic E-state index is 0.470. The van der Waals surface area contributed by atoms with Crippen LogP contribution in [0.25, 0.3) is 0 Å². The summed E-state index contributed by atoms with van der Waals surface area (Å²) >= 11 is 0. The molecule has 2 N–H and O–H groups in total. The van der Waals surface area contributed by atoms with Crippen LogP contribution in [0.15, 0.2) is 90.3 Å². The number of nitrogens with zero attached hydrogens (tertiary/aromatic N) is 2. The van der Waals surface area contributed by atoms with E-state index in [-0.39, 0.29) is 0 Å². The Bertz CT molecular complexity index is 855. The van der Waals surface area contributed by atoms with Gasteiger partial charge in [-0.1, -0.05) is 66.7 Å². The van der Waals surface area contributed by atoms with Gasteiger partial charge in [0.1, 0.15) is 0 Å². The zero-order valence-corrected chi connectivity index (χ0v) is 14.3. The van der Waals surface area contributed by atoms with Crippen molar-refractivity contribution in [2.24, 2.45) is 5.10 Å². The first-order valence-corrected chi connectivity index (χ1v) is 8.21. The maximum absolute atomic E-state index is 12.9. The van der Waals surface area contributed by atoms with Crippen molar-refractivity contribution in [3.05, 3.63) is 102 Å². The van der Waals surface area contributed by atoms with Gasteiger partial charge in [-0.3, -0.25) is 9.78 Å². The Morgan fingerprint density at radius 2 is 1.54 bits per heavy atom. The van der Waals surface area contributed by atoms with Crippen molar-refractivity contribution in [2.75, 3.05) is 0 Å². The van der Waals surface area contributed by atoms with Crippen LogP contribution >= 0.6 is 0 Å². The monoisotopic (exact) mass is 345 g/mol. The van der Waals surface area contributed by atoms with Gasteiger partial charge in [0, 0.05) is 18.0 Å². The van der Waals surface area contributed by atoms with Gasteiger partial charge in [0.2, 0.25) is 0 Å². The lowest BCUT2D eigenvalue weighted by atomic mass is 9.85. The minimum Gasteiger partial charge on any atom is -0.372 e. The van der Waals surface area contributed by atoms with Crippen molar-refractivity contribution in [1.82, 2.24) is 10.4 Å². The molecule has 1 aromatic heterocycles. The summed E-state index contributed by atoms with van der Waals surface area (Å²) in [4.78, 5) is 17.0. The quantitative estimate of drug-likeness (QED) is 0.551. The Morgan fingerprint density at radius 1 is 0.962 bits per heavy atom. The fraction of sp³-hybridized carbons (Fsp3) is 0.0952. The van der Waals surface area contributed by atoms with E-state index in [1.807, 2.05) is 18.2 Å². The maximum atomic E-state index is 12.9. The summed E-state index contributed by atoms with van der Waals surface area (Å²) < 4.78 is 0. The van der Waals surface area contributed by atoms with Gasteiger partial charge < -0.3 is 5.11 Å². The molecule has 0 aliphatic rings. The van der Waals surface area contributed by atoms with Gasteiger partial charge in [0.05, 0.1) is 5.71 Å². The van der Waals surface area contributed by atoms with Crippen LogP contribution in [0.4, 0.5) is 0 Å². The molecule has 0 saturated heterocycles. The molecule has 0 fully saturated rings. The number of aromatic nitrogens is 1. The number of pyridine rings is 1. The van der Waals surface area contributed by atoms with E-state index in [1.165, 1.54) is 0 Å². The summed E-state index contributed by atoms with van der Waals surface area (Å²) in [5.41, 5.74) is 2.96. The van der Waals surface area contributed by atoms with Crippen molar-refractivity contribution in [2.45, 2.75) is 12.5 Å². The molecule has 0 spiro atoms. The standard InChI is InChI=1S/C21H19N3O2/c1-16(17-9-8-14-22-15-17)23-24-20(25)21(26,18-10-4-2-5-11-18)19-12-6-3-7-13-19/h2-15,26H,1H3,(H,24,25). The van der Waals surface area contributed by atoms with Gasteiger partial charge in [-0.15, -0.1) is 0 Å². The fourth-order valence-electron chi connectivity index (χ4n) is 2.64. The Hall–Kier alpha value is -3.31. The highest BCUT2D eigenvalue weighted by molar-refractivity contribution is 5.99. The summed E-state index contributed by atoms with van der Waals surface area (Å²) in [6.07, 6.45) is 3.32. The van der Waals surface area contributed by atoms with Gasteiger partial charge in [0.25, 0.3) is 5.91 Å². The largest absolute Gasteiger partial charge is 0.372 e. The molecule has 0 aliphatic heterocycles. The van der Waals surface area contributed by atoms with Crippen LogP contribution in [-0.4, -0.2) is 21.7 Å². The van der Waals surface area contributed by atoms with Crippen LogP contribution in [-0.2, 0) is 10.4 Å². The number of carbonyl (C=O) groups excluding carboxylic acids is 1. The Labute approximate surface area is 152 Å². The molecular weight excluding hydrogens is 326 g/mol. The van der Waals surface area contributed by atoms with E-state index in [0.29, 0.717) is 16.8 Å². The number of benzene rings is 2. The van der Waals surface area contributed by atoms with Crippen molar-refractivity contribution < 1.29 is 9.90 Å². The van der Waals surface area contributed by atoms with Crippen molar-refractivity contribution in [3.8, 4) is 0 Å². The molecule has 130 valence electrons. The van der Waals surface area contributed by atoms with E-state index < -0.39 is 11.5 Å². The number of nitrogens with one attached hydrogen (secondary N) is 1. The highest BCUT2D eigenvalue weighted by Crippen LogP contribution is 2.29. The third-order valence-corrected chi connectivity index (χ3v) is 4.12. The van der Waals surface area contributed by atoms with E-state index in [1.54, 1.807) is 73.9 Å². The topological polar surface area (TPSA) is 74.6 Å². The molecule has 0 aliphatic carbocycles. The Kier molecular flexibility index (Phi) is 5.20. The first-order valence-electron chi connectivity index (χ1n) is 8.21. The zero-order valence-electron chi connectivity index (χ0n) is 14.3. The lowest BCUT2D eigenvalue weighted by Crippen LogP contribution is -2.43. The van der Waals surface area contributed by atoms with E-state index in [9.17, 15) is 9.90 Å². The van der Waals surface area contributed by atoms with Crippen LogP contribution in [0.1, 0.15) is 23.6 Å². The second-order valence-corrected chi connectivity index (χ2v) is 5.82. The number of carbonyl (C=O) groups is 1. The first kappa shape index (κ1) is 17.5. The van der Waals surface area contributed by atoms with Gasteiger partial charge >= 0.3 is 0 Å². The fourth-order valence-corrected chi connectivity index (χ4v) is 2.64. The average molecular weight is 345 g/mol. The molecule has 5 nitrogen and oxygen atoms in total. The second kappa shape index (κ2) is 7.72. The van der Waals surface area contributed by atoms with Crippen LogP contribution < -0.4 is 5.43 Å². The van der Waals surface area contributed by atoms with Gasteiger partial charge in [0.15, 0.2) is 5.60 Å². The highest BCUT2D eigenvalue weighted by Gasteiger charge is 2.39. The second-order valence-electron chi connectivity index (χ2n) is 5.82. The first-order chi connectivity index (χ1) is 12.6. The predicted octanol–water partition coefficient (Wildman–Crippen LogP) is 2.86. The lowest BCUT2D eigenvalue weighted by Gasteiger charge is -2.27. The molecular formula is C21H19N3O2. The van der Waals surface area contributed by atoms with E-state index >= 15 is 0 Å². The zero-order chi connectivity index (χ0) is 18.4. The average Bonchev–Trinajstić information content (AvgIpc) is 2.73. The predicted molar refractivity (Wildman–Crippen MR) is 100 cm³/mol. The molecule has 2 aromatic carbocycles. The van der Waals surface area contributed by atoms with Gasteiger partial charge in [-0.2, -0.15) is 5.10 Å². The van der Waals surface area contributed by atoms with Crippen LogP contribution in [0.3, 0.4) is 0 Å². The molecule has 0 atom stereocenters. The summed E-state index contributed by atoms with van der Waals surface area (Å²) in [6.45, 7) is 1.77. The summed E-state index contributed by atoms with van der Waals surface area (Å²) in [5.74, 6) is -0.627. The Balaban J connectivity index is 1.94. The molecule has 0 unspecified atom stereocenters. The highest BCUT2D eigenvalue weighted by atomic mass is 16.3. The van der Waals surface area contributed by atoms with Crippen LogP contribution in [0.2, 0.25) is 0 Å². The SMILES string of the molecule is CC(=NNC(=O)C(O)(c1ccccc1)c1ccccc1)c1cccnc1. The van der Waals surface area contributed by atoms with E-state index in [2.05, 4.69) is 15.5 Å².